The van der Waals surface area contributed by atoms with Gasteiger partial charge in [-0.05, 0) is 50.6 Å². The van der Waals surface area contributed by atoms with Crippen LogP contribution in [-0.4, -0.2) is 41.8 Å². The predicted molar refractivity (Wildman–Crippen MR) is 70.8 cm³/mol. The highest BCUT2D eigenvalue weighted by atomic mass is 16.3. The Morgan fingerprint density at radius 3 is 2.35 bits per heavy atom. The highest BCUT2D eigenvalue weighted by Crippen LogP contribution is 2.35. The molecule has 3 heteroatoms. The fraction of sp³-hybridized carbons (Fsp3) is 1.00. The molecule has 1 heterocycles. The van der Waals surface area contributed by atoms with E-state index in [1.807, 2.05) is 0 Å². The van der Waals surface area contributed by atoms with Crippen LogP contribution in [-0.2, 0) is 0 Å². The average molecular weight is 240 g/mol. The molecule has 0 spiro atoms. The van der Waals surface area contributed by atoms with Crippen LogP contribution in [0.1, 0.15) is 45.4 Å². The molecule has 0 aromatic heterocycles. The number of hydrogen-bond donors (Lipinski definition) is 2. The van der Waals surface area contributed by atoms with Crippen molar-refractivity contribution in [2.75, 3.05) is 19.7 Å². The van der Waals surface area contributed by atoms with Gasteiger partial charge >= 0.3 is 0 Å². The molecule has 0 bridgehead atoms. The van der Waals surface area contributed by atoms with Crippen LogP contribution in [0.4, 0.5) is 0 Å². The van der Waals surface area contributed by atoms with Gasteiger partial charge in [0.05, 0.1) is 6.61 Å². The van der Waals surface area contributed by atoms with E-state index < -0.39 is 0 Å². The maximum Gasteiger partial charge on any atom is 0.0602 e. The minimum atomic E-state index is 0.197. The van der Waals surface area contributed by atoms with Crippen LogP contribution in [0.3, 0.4) is 0 Å². The fourth-order valence-corrected chi connectivity index (χ4v) is 3.26. The molecule has 1 saturated heterocycles. The van der Waals surface area contributed by atoms with Crippen LogP contribution < -0.4 is 5.73 Å². The maximum absolute atomic E-state index is 9.57. The SMILES string of the molecule is CCCC1CCN(C(CO)C(N)C2CC2)CC1. The molecule has 0 radical (unpaired) electrons. The summed E-state index contributed by atoms with van der Waals surface area (Å²) < 4.78 is 0. The Morgan fingerprint density at radius 2 is 1.88 bits per heavy atom. The molecule has 2 rings (SSSR count). The maximum atomic E-state index is 9.57. The lowest BCUT2D eigenvalue weighted by Gasteiger charge is -2.39. The van der Waals surface area contributed by atoms with Crippen molar-refractivity contribution in [3.63, 3.8) is 0 Å². The summed E-state index contributed by atoms with van der Waals surface area (Å²) in [6.45, 7) is 4.77. The number of aliphatic hydroxyl groups excluding tert-OH is 1. The summed E-state index contributed by atoms with van der Waals surface area (Å²) in [6, 6.07) is 0.410. The second kappa shape index (κ2) is 6.17. The molecule has 1 aliphatic carbocycles. The quantitative estimate of drug-likeness (QED) is 0.741. The van der Waals surface area contributed by atoms with Gasteiger partial charge in [-0.25, -0.2) is 0 Å². The summed E-state index contributed by atoms with van der Waals surface area (Å²) in [6.07, 6.45) is 7.79. The van der Waals surface area contributed by atoms with E-state index in [0.29, 0.717) is 5.92 Å². The van der Waals surface area contributed by atoms with Crippen molar-refractivity contribution < 1.29 is 5.11 Å². The molecular weight excluding hydrogens is 212 g/mol. The molecule has 0 aromatic rings. The molecule has 100 valence electrons. The van der Waals surface area contributed by atoms with Crippen molar-refractivity contribution in [3.05, 3.63) is 0 Å². The summed E-state index contributed by atoms with van der Waals surface area (Å²) in [5, 5.41) is 9.57. The van der Waals surface area contributed by atoms with Crippen LogP contribution in [0.15, 0.2) is 0 Å². The second-order valence-corrected chi connectivity index (χ2v) is 5.93. The lowest BCUT2D eigenvalue weighted by molar-refractivity contribution is 0.0656. The fourth-order valence-electron chi connectivity index (χ4n) is 3.26. The molecule has 1 aliphatic heterocycles. The van der Waals surface area contributed by atoms with Crippen LogP contribution in [0.2, 0.25) is 0 Å². The molecule has 3 N–H and O–H groups in total. The minimum absolute atomic E-state index is 0.197. The average Bonchev–Trinajstić information content (AvgIpc) is 3.16. The third kappa shape index (κ3) is 3.43. The number of aliphatic hydroxyl groups is 1. The highest BCUT2D eigenvalue weighted by molar-refractivity contribution is 4.94. The first-order chi connectivity index (χ1) is 8.26. The van der Waals surface area contributed by atoms with Crippen molar-refractivity contribution in [1.82, 2.24) is 4.90 Å². The molecule has 2 atom stereocenters. The molecule has 2 unspecified atom stereocenters. The zero-order valence-corrected chi connectivity index (χ0v) is 11.1. The molecular formula is C14H28N2O. The Labute approximate surface area is 105 Å². The van der Waals surface area contributed by atoms with E-state index in [4.69, 9.17) is 5.73 Å². The van der Waals surface area contributed by atoms with Gasteiger partial charge in [0.15, 0.2) is 0 Å². The molecule has 3 nitrogen and oxygen atoms in total. The van der Waals surface area contributed by atoms with Gasteiger partial charge in [0.2, 0.25) is 0 Å². The van der Waals surface area contributed by atoms with E-state index in [-0.39, 0.29) is 18.7 Å². The van der Waals surface area contributed by atoms with Gasteiger partial charge in [-0.1, -0.05) is 19.8 Å². The third-order valence-corrected chi connectivity index (χ3v) is 4.61. The Bertz CT molecular complexity index is 222. The lowest BCUT2D eigenvalue weighted by atomic mass is 9.90. The van der Waals surface area contributed by atoms with E-state index in [0.717, 1.165) is 19.0 Å². The summed E-state index contributed by atoms with van der Waals surface area (Å²) in [5.74, 6) is 1.59. The van der Waals surface area contributed by atoms with E-state index in [1.165, 1.54) is 38.5 Å². The van der Waals surface area contributed by atoms with E-state index in [9.17, 15) is 5.11 Å². The first-order valence-electron chi connectivity index (χ1n) is 7.36. The number of rotatable bonds is 6. The monoisotopic (exact) mass is 240 g/mol. The van der Waals surface area contributed by atoms with Crippen molar-refractivity contribution in [2.45, 2.75) is 57.5 Å². The molecule has 1 saturated carbocycles. The van der Waals surface area contributed by atoms with Gasteiger partial charge in [-0.2, -0.15) is 0 Å². The second-order valence-electron chi connectivity index (χ2n) is 5.93. The Kier molecular flexibility index (Phi) is 4.83. The summed E-state index contributed by atoms with van der Waals surface area (Å²) >= 11 is 0. The largest absolute Gasteiger partial charge is 0.395 e. The van der Waals surface area contributed by atoms with Gasteiger partial charge in [0.1, 0.15) is 0 Å². The topological polar surface area (TPSA) is 49.5 Å². The Morgan fingerprint density at radius 1 is 1.24 bits per heavy atom. The number of nitrogens with two attached hydrogens (primary N) is 1. The van der Waals surface area contributed by atoms with Gasteiger partial charge in [-0.15, -0.1) is 0 Å². The molecule has 17 heavy (non-hydrogen) atoms. The van der Waals surface area contributed by atoms with Gasteiger partial charge in [0, 0.05) is 12.1 Å². The molecule has 2 aliphatic rings. The molecule has 2 fully saturated rings. The smallest absolute Gasteiger partial charge is 0.0602 e. The number of hydrogen-bond acceptors (Lipinski definition) is 3. The minimum Gasteiger partial charge on any atom is -0.395 e. The zero-order chi connectivity index (χ0) is 12.3. The van der Waals surface area contributed by atoms with Crippen LogP contribution in [0, 0.1) is 11.8 Å². The number of piperidine rings is 1. The standard InChI is InChI=1S/C14H28N2O/c1-2-3-11-6-8-16(9-7-11)13(10-17)14(15)12-4-5-12/h11-14,17H,2-10,15H2,1H3. The summed E-state index contributed by atoms with van der Waals surface area (Å²) in [5.41, 5.74) is 6.26. The first-order valence-corrected chi connectivity index (χ1v) is 7.36. The zero-order valence-electron chi connectivity index (χ0n) is 11.1. The summed E-state index contributed by atoms with van der Waals surface area (Å²) in [7, 11) is 0. The number of likely N-dealkylation sites (tertiary alicyclic amines) is 1. The van der Waals surface area contributed by atoms with Gasteiger partial charge in [0.25, 0.3) is 0 Å². The number of nitrogens with zero attached hydrogens (tertiary/aromatic N) is 1. The van der Waals surface area contributed by atoms with Crippen molar-refractivity contribution in [3.8, 4) is 0 Å². The molecule has 0 aromatic carbocycles. The van der Waals surface area contributed by atoms with Crippen molar-refractivity contribution in [2.24, 2.45) is 17.6 Å². The lowest BCUT2D eigenvalue weighted by Crippen LogP contribution is -2.53. The van der Waals surface area contributed by atoms with Crippen molar-refractivity contribution >= 4 is 0 Å². The van der Waals surface area contributed by atoms with Crippen LogP contribution >= 0.6 is 0 Å². The Hall–Kier alpha value is -0.120. The van der Waals surface area contributed by atoms with E-state index >= 15 is 0 Å². The van der Waals surface area contributed by atoms with Crippen molar-refractivity contribution in [1.29, 1.82) is 0 Å². The van der Waals surface area contributed by atoms with Crippen LogP contribution in [0.5, 0.6) is 0 Å². The summed E-state index contributed by atoms with van der Waals surface area (Å²) in [4.78, 5) is 2.44. The highest BCUT2D eigenvalue weighted by Gasteiger charge is 2.37. The normalized spacial score (nSPS) is 27.0. The molecule has 0 amide bonds. The van der Waals surface area contributed by atoms with Crippen LogP contribution in [0.25, 0.3) is 0 Å². The Balaban J connectivity index is 1.80. The first kappa shape index (κ1) is 13.3. The van der Waals surface area contributed by atoms with E-state index in [2.05, 4.69) is 11.8 Å². The predicted octanol–water partition coefficient (Wildman–Crippen LogP) is 1.60. The van der Waals surface area contributed by atoms with E-state index in [1.54, 1.807) is 0 Å². The van der Waals surface area contributed by atoms with Gasteiger partial charge in [-0.3, -0.25) is 4.90 Å². The van der Waals surface area contributed by atoms with Gasteiger partial charge < -0.3 is 10.8 Å². The third-order valence-electron chi connectivity index (χ3n) is 4.61.